The molecule has 1 heterocycles. The van der Waals surface area contributed by atoms with E-state index in [0.717, 1.165) is 11.3 Å². The molecular formula is C11H12O3S. The molecule has 0 bridgehead atoms. The van der Waals surface area contributed by atoms with Crippen molar-refractivity contribution < 1.29 is 14.3 Å². The van der Waals surface area contributed by atoms with Crippen LogP contribution in [-0.2, 0) is 9.47 Å². The lowest BCUT2D eigenvalue weighted by molar-refractivity contribution is 0.0270. The van der Waals surface area contributed by atoms with Gasteiger partial charge in [-0.2, -0.15) is 0 Å². The van der Waals surface area contributed by atoms with E-state index in [4.69, 9.17) is 9.47 Å². The van der Waals surface area contributed by atoms with E-state index in [1.54, 1.807) is 18.2 Å². The molecule has 0 spiro atoms. The molecule has 1 atom stereocenters. The molecule has 1 saturated heterocycles. The van der Waals surface area contributed by atoms with Crippen LogP contribution in [0.5, 0.6) is 0 Å². The van der Waals surface area contributed by atoms with Crippen molar-refractivity contribution >= 4 is 18.6 Å². The van der Waals surface area contributed by atoms with Crippen molar-refractivity contribution in [3.63, 3.8) is 0 Å². The second kappa shape index (κ2) is 4.68. The molecule has 2 rings (SSSR count). The molecule has 1 aliphatic heterocycles. The van der Waals surface area contributed by atoms with E-state index in [1.807, 2.05) is 6.07 Å². The minimum Gasteiger partial charge on any atom is -0.456 e. The van der Waals surface area contributed by atoms with Crippen LogP contribution < -0.4 is 0 Å². The number of carbonyl (C=O) groups excluding carboxylic acids is 1. The highest BCUT2D eigenvalue weighted by Crippen LogP contribution is 2.14. The maximum absolute atomic E-state index is 11.6. The summed E-state index contributed by atoms with van der Waals surface area (Å²) in [6, 6.07) is 7.02. The summed E-state index contributed by atoms with van der Waals surface area (Å²) in [5.41, 5.74) is 0.536. The SMILES string of the molecule is O=C(OC1CCOC1)c1cccc(S)c1. The van der Waals surface area contributed by atoms with Gasteiger partial charge in [-0.25, -0.2) is 4.79 Å². The molecular weight excluding hydrogens is 212 g/mol. The van der Waals surface area contributed by atoms with Gasteiger partial charge in [0.15, 0.2) is 0 Å². The third-order valence-electron chi connectivity index (χ3n) is 2.24. The summed E-state index contributed by atoms with van der Waals surface area (Å²) < 4.78 is 10.4. The third kappa shape index (κ3) is 2.73. The zero-order valence-corrected chi connectivity index (χ0v) is 9.07. The smallest absolute Gasteiger partial charge is 0.338 e. The van der Waals surface area contributed by atoms with Crippen molar-refractivity contribution in [1.29, 1.82) is 0 Å². The molecule has 1 aromatic carbocycles. The summed E-state index contributed by atoms with van der Waals surface area (Å²) in [7, 11) is 0. The van der Waals surface area contributed by atoms with Gasteiger partial charge in [0.2, 0.25) is 0 Å². The van der Waals surface area contributed by atoms with Crippen LogP contribution in [0.1, 0.15) is 16.8 Å². The zero-order chi connectivity index (χ0) is 10.7. The molecule has 1 aromatic rings. The number of benzene rings is 1. The fourth-order valence-corrected chi connectivity index (χ4v) is 1.68. The molecule has 4 heteroatoms. The lowest BCUT2D eigenvalue weighted by atomic mass is 10.2. The normalized spacial score (nSPS) is 20.2. The van der Waals surface area contributed by atoms with Gasteiger partial charge < -0.3 is 9.47 Å². The van der Waals surface area contributed by atoms with Gasteiger partial charge in [-0.05, 0) is 18.2 Å². The highest BCUT2D eigenvalue weighted by atomic mass is 32.1. The third-order valence-corrected chi connectivity index (χ3v) is 2.52. The molecule has 3 nitrogen and oxygen atoms in total. The molecule has 0 amide bonds. The Morgan fingerprint density at radius 1 is 1.53 bits per heavy atom. The minimum absolute atomic E-state index is 0.0962. The van der Waals surface area contributed by atoms with Gasteiger partial charge in [0.25, 0.3) is 0 Å². The molecule has 0 radical (unpaired) electrons. The summed E-state index contributed by atoms with van der Waals surface area (Å²) in [6.45, 7) is 1.18. The quantitative estimate of drug-likeness (QED) is 0.616. The molecule has 0 N–H and O–H groups in total. The number of rotatable bonds is 2. The van der Waals surface area contributed by atoms with Crippen LogP contribution in [0.4, 0.5) is 0 Å². The van der Waals surface area contributed by atoms with Gasteiger partial charge in [0, 0.05) is 11.3 Å². The van der Waals surface area contributed by atoms with Gasteiger partial charge in [0.05, 0.1) is 18.8 Å². The Labute approximate surface area is 93.8 Å². The van der Waals surface area contributed by atoms with Crippen molar-refractivity contribution in [2.45, 2.75) is 17.4 Å². The highest BCUT2D eigenvalue weighted by Gasteiger charge is 2.20. The topological polar surface area (TPSA) is 35.5 Å². The Morgan fingerprint density at radius 2 is 2.40 bits per heavy atom. The molecule has 1 fully saturated rings. The first kappa shape index (κ1) is 10.5. The largest absolute Gasteiger partial charge is 0.456 e. The van der Waals surface area contributed by atoms with E-state index in [-0.39, 0.29) is 12.1 Å². The van der Waals surface area contributed by atoms with E-state index in [0.29, 0.717) is 18.8 Å². The zero-order valence-electron chi connectivity index (χ0n) is 8.18. The first-order valence-corrected chi connectivity index (χ1v) is 5.28. The summed E-state index contributed by atoms with van der Waals surface area (Å²) in [6.07, 6.45) is 0.688. The number of ether oxygens (including phenoxy) is 2. The summed E-state index contributed by atoms with van der Waals surface area (Å²) in [5, 5.41) is 0. The Hall–Kier alpha value is -1.00. The first-order valence-electron chi connectivity index (χ1n) is 4.83. The van der Waals surface area contributed by atoms with Gasteiger partial charge >= 0.3 is 5.97 Å². The molecule has 80 valence electrons. The van der Waals surface area contributed by atoms with Crippen LogP contribution in [-0.4, -0.2) is 25.3 Å². The van der Waals surface area contributed by atoms with Gasteiger partial charge in [0.1, 0.15) is 6.10 Å². The Kier molecular flexibility index (Phi) is 3.28. The van der Waals surface area contributed by atoms with Crippen molar-refractivity contribution in [2.75, 3.05) is 13.2 Å². The second-order valence-electron chi connectivity index (χ2n) is 3.44. The van der Waals surface area contributed by atoms with E-state index < -0.39 is 0 Å². The molecule has 0 aliphatic carbocycles. The predicted octanol–water partition coefficient (Wildman–Crippen LogP) is 1.92. The number of esters is 1. The Balaban J connectivity index is 2.01. The number of hydrogen-bond donors (Lipinski definition) is 1. The first-order chi connectivity index (χ1) is 7.25. The van der Waals surface area contributed by atoms with Crippen molar-refractivity contribution in [1.82, 2.24) is 0 Å². The van der Waals surface area contributed by atoms with E-state index >= 15 is 0 Å². The van der Waals surface area contributed by atoms with Gasteiger partial charge in [-0.3, -0.25) is 0 Å². The molecule has 0 saturated carbocycles. The van der Waals surface area contributed by atoms with Gasteiger partial charge in [-0.15, -0.1) is 12.6 Å². The van der Waals surface area contributed by atoms with E-state index in [2.05, 4.69) is 12.6 Å². The standard InChI is InChI=1S/C11H12O3S/c12-11(14-9-4-5-13-7-9)8-2-1-3-10(15)6-8/h1-3,6,9,15H,4-5,7H2. The summed E-state index contributed by atoms with van der Waals surface area (Å²) in [5.74, 6) is -0.304. The molecule has 1 unspecified atom stereocenters. The minimum atomic E-state index is -0.304. The van der Waals surface area contributed by atoms with E-state index in [1.165, 1.54) is 0 Å². The van der Waals surface area contributed by atoms with Crippen LogP contribution >= 0.6 is 12.6 Å². The van der Waals surface area contributed by atoms with Crippen molar-refractivity contribution in [3.8, 4) is 0 Å². The predicted molar refractivity (Wildman–Crippen MR) is 58.3 cm³/mol. The monoisotopic (exact) mass is 224 g/mol. The maximum atomic E-state index is 11.6. The number of carbonyl (C=O) groups is 1. The lowest BCUT2D eigenvalue weighted by Crippen LogP contribution is -2.18. The fourth-order valence-electron chi connectivity index (χ4n) is 1.46. The lowest BCUT2D eigenvalue weighted by Gasteiger charge is -2.09. The van der Waals surface area contributed by atoms with Crippen molar-refractivity contribution in [2.24, 2.45) is 0 Å². The summed E-state index contributed by atoms with van der Waals surface area (Å²) in [4.78, 5) is 12.4. The average Bonchev–Trinajstić information content (AvgIpc) is 2.70. The van der Waals surface area contributed by atoms with Crippen molar-refractivity contribution in [3.05, 3.63) is 29.8 Å². The highest BCUT2D eigenvalue weighted by molar-refractivity contribution is 7.80. The Morgan fingerprint density at radius 3 is 3.07 bits per heavy atom. The van der Waals surface area contributed by atoms with Crippen LogP contribution in [0.3, 0.4) is 0 Å². The van der Waals surface area contributed by atoms with Crippen LogP contribution in [0.15, 0.2) is 29.2 Å². The van der Waals surface area contributed by atoms with Crippen LogP contribution in [0, 0.1) is 0 Å². The average molecular weight is 224 g/mol. The fraction of sp³-hybridized carbons (Fsp3) is 0.364. The number of hydrogen-bond acceptors (Lipinski definition) is 4. The molecule has 0 aromatic heterocycles. The van der Waals surface area contributed by atoms with E-state index in [9.17, 15) is 4.79 Å². The maximum Gasteiger partial charge on any atom is 0.338 e. The number of thiol groups is 1. The summed E-state index contributed by atoms with van der Waals surface area (Å²) >= 11 is 4.16. The van der Waals surface area contributed by atoms with Crippen LogP contribution in [0.25, 0.3) is 0 Å². The molecule has 1 aliphatic rings. The molecule has 15 heavy (non-hydrogen) atoms. The second-order valence-corrected chi connectivity index (χ2v) is 3.96. The van der Waals surface area contributed by atoms with Crippen LogP contribution in [0.2, 0.25) is 0 Å². The van der Waals surface area contributed by atoms with Gasteiger partial charge in [-0.1, -0.05) is 6.07 Å². The Bertz CT molecular complexity index is 359.